The second-order valence-electron chi connectivity index (χ2n) is 5.56. The van der Waals surface area contributed by atoms with E-state index in [1.807, 2.05) is 12.1 Å². The van der Waals surface area contributed by atoms with Gasteiger partial charge in [-0.25, -0.2) is 0 Å². The fraction of sp³-hybridized carbons (Fsp3) is 0.400. The van der Waals surface area contributed by atoms with Gasteiger partial charge in [-0.15, -0.1) is 0 Å². The van der Waals surface area contributed by atoms with Gasteiger partial charge in [0.15, 0.2) is 0 Å². The number of imide groups is 1. The summed E-state index contributed by atoms with van der Waals surface area (Å²) < 4.78 is 0. The van der Waals surface area contributed by atoms with Crippen LogP contribution in [-0.2, 0) is 15.0 Å². The Morgan fingerprint density at radius 2 is 2.10 bits per heavy atom. The molecule has 1 spiro atoms. The summed E-state index contributed by atoms with van der Waals surface area (Å²) in [5.74, 6) is -1.18. The van der Waals surface area contributed by atoms with E-state index in [0.29, 0.717) is 12.0 Å². The van der Waals surface area contributed by atoms with Crippen LogP contribution >= 0.6 is 0 Å². The third kappa shape index (κ3) is 1.66. The van der Waals surface area contributed by atoms with E-state index in [1.54, 1.807) is 12.1 Å². The van der Waals surface area contributed by atoms with Gasteiger partial charge in [-0.1, -0.05) is 24.6 Å². The molecule has 20 heavy (non-hydrogen) atoms. The van der Waals surface area contributed by atoms with Crippen LogP contribution in [0.4, 0.5) is 0 Å². The molecule has 5 nitrogen and oxygen atoms in total. The topological polar surface area (TPSA) is 89.3 Å². The Balaban J connectivity index is 2.16. The quantitative estimate of drug-likeness (QED) is 0.783. The van der Waals surface area contributed by atoms with Gasteiger partial charge in [-0.05, 0) is 30.4 Å². The largest absolute Gasteiger partial charge is 0.370 e. The number of hydrogen-bond acceptors (Lipinski definition) is 3. The second kappa shape index (κ2) is 4.44. The van der Waals surface area contributed by atoms with Crippen molar-refractivity contribution in [2.24, 2.45) is 11.7 Å². The van der Waals surface area contributed by atoms with Crippen LogP contribution in [0.25, 0.3) is 0 Å². The maximum absolute atomic E-state index is 12.5. The summed E-state index contributed by atoms with van der Waals surface area (Å²) in [7, 11) is 0. The summed E-state index contributed by atoms with van der Waals surface area (Å²) in [6, 6.07) is 7.15. The average molecular weight is 272 g/mol. The first-order valence-corrected chi connectivity index (χ1v) is 6.79. The van der Waals surface area contributed by atoms with Crippen LogP contribution in [0.3, 0.4) is 0 Å². The number of amides is 3. The zero-order valence-electron chi connectivity index (χ0n) is 11.0. The molecule has 3 rings (SSSR count). The molecule has 0 aromatic heterocycles. The van der Waals surface area contributed by atoms with Crippen molar-refractivity contribution in [3.05, 3.63) is 35.4 Å². The molecule has 1 saturated carbocycles. The predicted octanol–water partition coefficient (Wildman–Crippen LogP) is 0.870. The van der Waals surface area contributed by atoms with E-state index in [0.717, 1.165) is 18.4 Å². The van der Waals surface area contributed by atoms with Gasteiger partial charge >= 0.3 is 0 Å². The minimum atomic E-state index is -0.778. The average Bonchev–Trinajstić information content (AvgIpc) is 2.81. The molecule has 104 valence electrons. The first-order valence-electron chi connectivity index (χ1n) is 6.79. The third-order valence-corrected chi connectivity index (χ3v) is 4.55. The molecule has 1 aliphatic heterocycles. The second-order valence-corrected chi connectivity index (χ2v) is 5.56. The first-order chi connectivity index (χ1) is 9.55. The van der Waals surface area contributed by atoms with Crippen LogP contribution in [0.1, 0.15) is 41.6 Å². The number of rotatable bonds is 2. The van der Waals surface area contributed by atoms with E-state index in [-0.39, 0.29) is 24.2 Å². The molecule has 1 aromatic rings. The van der Waals surface area contributed by atoms with Crippen LogP contribution in [0.5, 0.6) is 0 Å². The van der Waals surface area contributed by atoms with E-state index in [1.165, 1.54) is 0 Å². The molecular weight excluding hydrogens is 256 g/mol. The molecule has 2 unspecified atom stereocenters. The SMILES string of the molecule is NC(=O)CC1CCCC12C(=O)NC(=O)c1ccccc12. The standard InChI is InChI=1S/C15H16N2O3/c16-12(18)8-9-4-3-7-15(9)11-6-2-1-5-10(11)13(19)17-14(15)20/h1-2,5-6,9H,3-4,7-8H2,(H2,16,18)(H,17,19,20). The lowest BCUT2D eigenvalue weighted by molar-refractivity contribution is -0.128. The Labute approximate surface area is 116 Å². The van der Waals surface area contributed by atoms with Crippen molar-refractivity contribution >= 4 is 17.7 Å². The van der Waals surface area contributed by atoms with Crippen LogP contribution in [0.2, 0.25) is 0 Å². The smallest absolute Gasteiger partial charge is 0.258 e. The molecule has 2 atom stereocenters. The molecular formula is C15H16N2O3. The fourth-order valence-corrected chi connectivity index (χ4v) is 3.72. The minimum Gasteiger partial charge on any atom is -0.370 e. The molecule has 2 aliphatic rings. The zero-order valence-corrected chi connectivity index (χ0v) is 11.0. The van der Waals surface area contributed by atoms with Crippen molar-refractivity contribution in [2.75, 3.05) is 0 Å². The molecule has 5 heteroatoms. The molecule has 0 saturated heterocycles. The maximum atomic E-state index is 12.5. The van der Waals surface area contributed by atoms with Crippen LogP contribution in [0.15, 0.2) is 24.3 Å². The Kier molecular flexibility index (Phi) is 2.85. The molecule has 1 fully saturated rings. The summed E-state index contributed by atoms with van der Waals surface area (Å²) in [5.41, 5.74) is 5.82. The molecule has 0 radical (unpaired) electrons. The van der Waals surface area contributed by atoms with Crippen LogP contribution < -0.4 is 11.1 Å². The van der Waals surface area contributed by atoms with E-state index < -0.39 is 11.3 Å². The number of carbonyl (C=O) groups excluding carboxylic acids is 3. The lowest BCUT2D eigenvalue weighted by atomic mass is 9.67. The van der Waals surface area contributed by atoms with Gasteiger partial charge in [-0.3, -0.25) is 19.7 Å². The lowest BCUT2D eigenvalue weighted by Gasteiger charge is -2.38. The predicted molar refractivity (Wildman–Crippen MR) is 71.7 cm³/mol. The van der Waals surface area contributed by atoms with Crippen molar-refractivity contribution < 1.29 is 14.4 Å². The highest BCUT2D eigenvalue weighted by Gasteiger charge is 2.54. The number of nitrogens with one attached hydrogen (secondary N) is 1. The fourth-order valence-electron chi connectivity index (χ4n) is 3.72. The summed E-state index contributed by atoms with van der Waals surface area (Å²) >= 11 is 0. The summed E-state index contributed by atoms with van der Waals surface area (Å²) in [6.45, 7) is 0. The summed E-state index contributed by atoms with van der Waals surface area (Å²) in [6.07, 6.45) is 2.46. The van der Waals surface area contributed by atoms with E-state index in [4.69, 9.17) is 5.73 Å². The van der Waals surface area contributed by atoms with Gasteiger partial charge in [0.05, 0.1) is 5.41 Å². The first kappa shape index (κ1) is 12.8. The van der Waals surface area contributed by atoms with Gasteiger partial charge in [0.25, 0.3) is 5.91 Å². The normalized spacial score (nSPS) is 28.3. The molecule has 3 amide bonds. The minimum absolute atomic E-state index is 0.130. The summed E-state index contributed by atoms with van der Waals surface area (Å²) in [4.78, 5) is 35.7. The van der Waals surface area contributed by atoms with E-state index in [2.05, 4.69) is 5.32 Å². The van der Waals surface area contributed by atoms with E-state index in [9.17, 15) is 14.4 Å². The molecule has 0 bridgehead atoms. The number of hydrogen-bond donors (Lipinski definition) is 2. The maximum Gasteiger partial charge on any atom is 0.258 e. The Bertz CT molecular complexity index is 611. The van der Waals surface area contributed by atoms with Crippen molar-refractivity contribution in [1.29, 1.82) is 0 Å². The molecule has 3 N–H and O–H groups in total. The van der Waals surface area contributed by atoms with Crippen molar-refractivity contribution in [2.45, 2.75) is 31.1 Å². The van der Waals surface area contributed by atoms with Crippen LogP contribution in [-0.4, -0.2) is 17.7 Å². The zero-order chi connectivity index (χ0) is 14.3. The Morgan fingerprint density at radius 1 is 1.35 bits per heavy atom. The number of fused-ring (bicyclic) bond motifs is 2. The summed E-state index contributed by atoms with van der Waals surface area (Å²) in [5, 5.41) is 2.44. The molecule has 1 heterocycles. The van der Waals surface area contributed by atoms with Crippen molar-refractivity contribution in [3.8, 4) is 0 Å². The highest BCUT2D eigenvalue weighted by Crippen LogP contribution is 2.49. The van der Waals surface area contributed by atoms with Crippen molar-refractivity contribution in [3.63, 3.8) is 0 Å². The third-order valence-electron chi connectivity index (χ3n) is 4.55. The lowest BCUT2D eigenvalue weighted by Crippen LogP contribution is -2.54. The van der Waals surface area contributed by atoms with Gasteiger partial charge in [0, 0.05) is 12.0 Å². The number of nitrogens with two attached hydrogens (primary N) is 1. The molecule has 1 aliphatic carbocycles. The van der Waals surface area contributed by atoms with Crippen LogP contribution in [0, 0.1) is 5.92 Å². The number of benzene rings is 1. The highest BCUT2D eigenvalue weighted by atomic mass is 16.2. The number of carbonyl (C=O) groups is 3. The Morgan fingerprint density at radius 3 is 2.85 bits per heavy atom. The van der Waals surface area contributed by atoms with Gasteiger partial charge in [-0.2, -0.15) is 0 Å². The number of primary amides is 1. The Hall–Kier alpha value is -2.17. The molecule has 1 aromatic carbocycles. The van der Waals surface area contributed by atoms with Gasteiger partial charge in [0.2, 0.25) is 11.8 Å². The van der Waals surface area contributed by atoms with Crippen molar-refractivity contribution in [1.82, 2.24) is 5.32 Å². The highest BCUT2D eigenvalue weighted by molar-refractivity contribution is 6.13. The van der Waals surface area contributed by atoms with Gasteiger partial charge in [0.1, 0.15) is 0 Å². The monoisotopic (exact) mass is 272 g/mol. The van der Waals surface area contributed by atoms with Gasteiger partial charge < -0.3 is 5.73 Å². The van der Waals surface area contributed by atoms with E-state index >= 15 is 0 Å².